The lowest BCUT2D eigenvalue weighted by Gasteiger charge is -2.48. The van der Waals surface area contributed by atoms with Crippen LogP contribution in [-0.2, 0) is 20.4 Å². The van der Waals surface area contributed by atoms with Gasteiger partial charge in [-0.1, -0.05) is 93.5 Å². The number of aromatic nitrogens is 5. The van der Waals surface area contributed by atoms with Crippen LogP contribution in [0, 0.1) is 6.92 Å². The highest BCUT2D eigenvalue weighted by Crippen LogP contribution is 2.44. The topological polar surface area (TPSA) is 159 Å². The Labute approximate surface area is 356 Å². The smallest absolute Gasteiger partial charge is 0.293 e. The molecule has 2 saturated heterocycles. The molecule has 3 fully saturated rings. The summed E-state index contributed by atoms with van der Waals surface area (Å²) in [4.78, 5) is 48.6. The van der Waals surface area contributed by atoms with Crippen molar-refractivity contribution < 1.29 is 18.9 Å². The average molecular weight is 819 g/mol. The number of carbonyl (C=O) groups is 3. The van der Waals surface area contributed by atoms with E-state index in [-0.39, 0.29) is 46.3 Å². The number of hydrogen-bond acceptors (Lipinski definition) is 9. The molecule has 5 heterocycles. The normalized spacial score (nSPS) is 21.2. The molecule has 12 heteroatoms. The quantitative estimate of drug-likeness (QED) is 0.122. The number of carbonyl (C=O) groups excluding carboxylic acids is 3. The Hall–Kier alpha value is -6.01. The van der Waals surface area contributed by atoms with E-state index in [4.69, 9.17) is 9.51 Å². The minimum absolute atomic E-state index is 0.0247. The number of rotatable bonds is 9. The molecular weight excluding hydrogens is 765 g/mol. The van der Waals surface area contributed by atoms with Crippen molar-refractivity contribution in [2.45, 2.75) is 115 Å². The molecule has 1 saturated carbocycles. The van der Waals surface area contributed by atoms with Gasteiger partial charge in [0.05, 0.1) is 12.0 Å². The molecule has 3 aromatic heterocycles. The summed E-state index contributed by atoms with van der Waals surface area (Å²) in [7, 11) is 0. The van der Waals surface area contributed by atoms with Crippen LogP contribution in [0.15, 0.2) is 83.5 Å². The van der Waals surface area contributed by atoms with Gasteiger partial charge in [-0.2, -0.15) is 10.1 Å². The highest BCUT2D eigenvalue weighted by molar-refractivity contribution is 6.01. The summed E-state index contributed by atoms with van der Waals surface area (Å²) in [6.07, 6.45) is 7.49. The average Bonchev–Trinajstić information content (AvgIpc) is 3.90. The van der Waals surface area contributed by atoms with Gasteiger partial charge in [0.1, 0.15) is 5.69 Å². The van der Waals surface area contributed by atoms with E-state index in [0.717, 1.165) is 76.0 Å². The Kier molecular flexibility index (Phi) is 10.5. The van der Waals surface area contributed by atoms with E-state index in [2.05, 4.69) is 103 Å². The van der Waals surface area contributed by atoms with Gasteiger partial charge in [-0.15, -0.1) is 0 Å². The molecule has 61 heavy (non-hydrogen) atoms. The minimum Gasteiger partial charge on any atom is -0.343 e. The summed E-state index contributed by atoms with van der Waals surface area (Å²) in [6, 6.07) is 26.3. The van der Waals surface area contributed by atoms with Crippen LogP contribution >= 0.6 is 0 Å². The van der Waals surface area contributed by atoms with Crippen molar-refractivity contribution in [2.24, 2.45) is 0 Å². The van der Waals surface area contributed by atoms with E-state index >= 15 is 0 Å². The SMILES string of the molecule is Cc1cc(-c2n[nH]c3ncc(-c4ccc(C5(C)CCN(C6CC(c7ccc(C8CCC(=O)NC8=O)cc7)C6)CC5)cc4)cc23)ccc1[C@@H](C)NC(=O)c1noc(C(C)(C)C)n1. The molecule has 9 rings (SSSR count). The Morgan fingerprint density at radius 2 is 1.64 bits per heavy atom. The summed E-state index contributed by atoms with van der Waals surface area (Å²) >= 11 is 0. The van der Waals surface area contributed by atoms with Gasteiger partial charge < -0.3 is 14.7 Å². The molecule has 3 amide bonds. The second kappa shape index (κ2) is 15.8. The first-order valence-corrected chi connectivity index (χ1v) is 21.6. The number of likely N-dealkylation sites (tertiary alicyclic amines) is 1. The molecule has 314 valence electrons. The van der Waals surface area contributed by atoms with Crippen LogP contribution in [0.5, 0.6) is 0 Å². The van der Waals surface area contributed by atoms with Crippen molar-refractivity contribution in [3.8, 4) is 22.4 Å². The van der Waals surface area contributed by atoms with Gasteiger partial charge >= 0.3 is 0 Å². The number of nitrogens with zero attached hydrogens (tertiary/aromatic N) is 5. The number of aryl methyl sites for hydroxylation is 1. The Morgan fingerprint density at radius 1 is 0.934 bits per heavy atom. The number of pyridine rings is 1. The third kappa shape index (κ3) is 8.01. The van der Waals surface area contributed by atoms with E-state index < -0.39 is 0 Å². The summed E-state index contributed by atoms with van der Waals surface area (Å²) in [5.74, 6) is 0.0395. The zero-order valence-corrected chi connectivity index (χ0v) is 35.8. The fourth-order valence-electron chi connectivity index (χ4n) is 9.46. The maximum Gasteiger partial charge on any atom is 0.293 e. The Morgan fingerprint density at radius 3 is 2.31 bits per heavy atom. The zero-order valence-electron chi connectivity index (χ0n) is 35.8. The number of hydrogen-bond donors (Lipinski definition) is 3. The number of H-pyrrole nitrogens is 1. The van der Waals surface area contributed by atoms with Crippen LogP contribution in [-0.4, -0.2) is 67.1 Å². The zero-order chi connectivity index (χ0) is 42.6. The molecule has 3 N–H and O–H groups in total. The van der Waals surface area contributed by atoms with Crippen LogP contribution < -0.4 is 10.6 Å². The first-order chi connectivity index (χ1) is 29.2. The highest BCUT2D eigenvalue weighted by atomic mass is 16.5. The largest absolute Gasteiger partial charge is 0.343 e. The van der Waals surface area contributed by atoms with Gasteiger partial charge in [-0.25, -0.2) is 4.98 Å². The molecule has 3 aromatic carbocycles. The fourth-order valence-corrected chi connectivity index (χ4v) is 9.46. The predicted molar refractivity (Wildman–Crippen MR) is 234 cm³/mol. The summed E-state index contributed by atoms with van der Waals surface area (Å²) in [6.45, 7) is 14.5. The summed E-state index contributed by atoms with van der Waals surface area (Å²) in [5.41, 5.74) is 10.2. The van der Waals surface area contributed by atoms with E-state index in [0.29, 0.717) is 30.7 Å². The van der Waals surface area contributed by atoms with Crippen LogP contribution in [0.2, 0.25) is 0 Å². The van der Waals surface area contributed by atoms with Crippen molar-refractivity contribution in [2.75, 3.05) is 13.1 Å². The molecule has 0 radical (unpaired) electrons. The monoisotopic (exact) mass is 818 g/mol. The number of nitrogens with one attached hydrogen (secondary N) is 3. The Balaban J connectivity index is 0.809. The van der Waals surface area contributed by atoms with Gasteiger partial charge in [0.2, 0.25) is 17.7 Å². The van der Waals surface area contributed by atoms with Crippen LogP contribution in [0.1, 0.15) is 135 Å². The molecular formula is C49H54N8O4. The van der Waals surface area contributed by atoms with Crippen molar-refractivity contribution >= 4 is 28.8 Å². The van der Waals surface area contributed by atoms with Gasteiger partial charge in [-0.05, 0) is 116 Å². The number of aromatic amines is 1. The van der Waals surface area contributed by atoms with E-state index in [1.165, 1.54) is 24.0 Å². The summed E-state index contributed by atoms with van der Waals surface area (Å²) < 4.78 is 5.32. The molecule has 0 bridgehead atoms. The molecule has 2 atom stereocenters. The summed E-state index contributed by atoms with van der Waals surface area (Å²) in [5, 5.41) is 18.1. The minimum atomic E-state index is -0.381. The van der Waals surface area contributed by atoms with Crippen LogP contribution in [0.25, 0.3) is 33.4 Å². The third-order valence-electron chi connectivity index (χ3n) is 13.5. The van der Waals surface area contributed by atoms with Gasteiger partial charge in [0.15, 0.2) is 5.65 Å². The van der Waals surface area contributed by atoms with Crippen molar-refractivity contribution in [1.29, 1.82) is 0 Å². The van der Waals surface area contributed by atoms with Crippen molar-refractivity contribution in [3.63, 3.8) is 0 Å². The second-order valence-corrected chi connectivity index (χ2v) is 18.8. The molecule has 12 nitrogen and oxygen atoms in total. The van der Waals surface area contributed by atoms with Gasteiger partial charge in [-0.3, -0.25) is 24.8 Å². The fraction of sp³-hybridized carbons (Fsp3) is 0.408. The van der Waals surface area contributed by atoms with Crippen molar-refractivity contribution in [1.82, 2.24) is 40.9 Å². The standard InChI is InChI=1S/C49H54N8O4/c1-28-23-33(13-16-38(28)29(2)51-46(60)44-53-47(61-56-44)48(3,4)5)42-40-26-35(27-50-43(40)55-54-42)31-11-14-36(15-12-31)49(6)19-21-57(22-20-49)37-24-34(25-37)30-7-9-32(10-8-30)39-17-18-41(58)52-45(39)59/h7-16,23,26-27,29,34,37,39H,17-22,24-25H2,1-6H3,(H,51,60)(H,50,54,55)(H,52,58,59)/t29-,34?,37?,39?/m1/s1. The number of benzene rings is 3. The number of fused-ring (bicyclic) bond motifs is 1. The van der Waals surface area contributed by atoms with Crippen LogP contribution in [0.3, 0.4) is 0 Å². The molecule has 0 spiro atoms. The second-order valence-electron chi connectivity index (χ2n) is 18.8. The highest BCUT2D eigenvalue weighted by Gasteiger charge is 2.39. The predicted octanol–water partition coefficient (Wildman–Crippen LogP) is 8.59. The maximum absolute atomic E-state index is 13.0. The Bertz CT molecular complexity index is 2610. The van der Waals surface area contributed by atoms with Gasteiger partial charge in [0.25, 0.3) is 11.7 Å². The lowest BCUT2D eigenvalue weighted by atomic mass is 9.71. The first kappa shape index (κ1) is 40.4. The molecule has 1 aliphatic carbocycles. The molecule has 2 aliphatic heterocycles. The van der Waals surface area contributed by atoms with Gasteiger partial charge in [0, 0.05) is 40.6 Å². The lowest BCUT2D eigenvalue weighted by molar-refractivity contribution is -0.134. The lowest BCUT2D eigenvalue weighted by Crippen LogP contribution is -2.50. The van der Waals surface area contributed by atoms with E-state index in [9.17, 15) is 14.4 Å². The molecule has 6 aromatic rings. The van der Waals surface area contributed by atoms with E-state index in [1.807, 2.05) is 52.9 Å². The molecule has 1 unspecified atom stereocenters. The maximum atomic E-state index is 13.0. The van der Waals surface area contributed by atoms with Crippen molar-refractivity contribution in [3.05, 3.63) is 119 Å². The van der Waals surface area contributed by atoms with E-state index in [1.54, 1.807) is 0 Å². The number of imide groups is 1. The van der Waals surface area contributed by atoms with Crippen LogP contribution in [0.4, 0.5) is 0 Å². The number of piperidine rings is 2. The first-order valence-electron chi connectivity index (χ1n) is 21.6. The third-order valence-corrected chi connectivity index (χ3v) is 13.5. The number of amides is 3. The molecule has 3 aliphatic rings.